The molecule has 2 atom stereocenters. The van der Waals surface area contributed by atoms with Crippen LogP contribution in [0, 0.1) is 5.92 Å². The zero-order valence-electron chi connectivity index (χ0n) is 10.4. The second kappa shape index (κ2) is 4.77. The number of hydrogen-bond acceptors (Lipinski definition) is 3. The first kappa shape index (κ1) is 11.2. The summed E-state index contributed by atoms with van der Waals surface area (Å²) in [7, 11) is 2.03. The smallest absolute Gasteiger partial charge is 0.0623 e. The van der Waals surface area contributed by atoms with E-state index in [0.29, 0.717) is 12.0 Å². The third kappa shape index (κ3) is 2.23. The molecule has 0 bridgehead atoms. The van der Waals surface area contributed by atoms with Gasteiger partial charge < -0.3 is 10.1 Å². The first-order valence-electron chi connectivity index (χ1n) is 6.41. The molecular weight excluding hydrogens is 212 g/mol. The topological polar surface area (TPSA) is 24.5 Å². The fourth-order valence-corrected chi connectivity index (χ4v) is 2.96. The van der Waals surface area contributed by atoms with Gasteiger partial charge in [0, 0.05) is 31.6 Å². The quantitative estimate of drug-likeness (QED) is 0.848. The van der Waals surface area contributed by atoms with Gasteiger partial charge >= 0.3 is 0 Å². The Morgan fingerprint density at radius 1 is 1.24 bits per heavy atom. The van der Waals surface area contributed by atoms with Crippen LogP contribution in [0.2, 0.25) is 0 Å². The molecule has 92 valence electrons. The average molecular weight is 232 g/mol. The van der Waals surface area contributed by atoms with E-state index in [4.69, 9.17) is 4.74 Å². The van der Waals surface area contributed by atoms with Crippen molar-refractivity contribution in [3.05, 3.63) is 35.4 Å². The second-order valence-corrected chi connectivity index (χ2v) is 5.13. The van der Waals surface area contributed by atoms with Crippen molar-refractivity contribution in [3.63, 3.8) is 0 Å². The molecule has 1 saturated heterocycles. The van der Waals surface area contributed by atoms with Gasteiger partial charge in [-0.15, -0.1) is 0 Å². The lowest BCUT2D eigenvalue weighted by molar-refractivity contribution is 0.167. The van der Waals surface area contributed by atoms with Crippen molar-refractivity contribution in [1.29, 1.82) is 0 Å². The predicted molar refractivity (Wildman–Crippen MR) is 67.7 cm³/mol. The Morgan fingerprint density at radius 3 is 2.59 bits per heavy atom. The maximum Gasteiger partial charge on any atom is 0.0623 e. The molecule has 17 heavy (non-hydrogen) atoms. The average Bonchev–Trinajstić information content (AvgIpc) is 2.94. The van der Waals surface area contributed by atoms with Gasteiger partial charge in [-0.2, -0.15) is 0 Å². The Bertz CT molecular complexity index is 369. The first-order chi connectivity index (χ1) is 8.36. The van der Waals surface area contributed by atoms with E-state index in [2.05, 4.69) is 34.5 Å². The van der Waals surface area contributed by atoms with Gasteiger partial charge in [0.25, 0.3) is 0 Å². The van der Waals surface area contributed by atoms with Crippen LogP contribution in [-0.2, 0) is 17.8 Å². The molecule has 0 aromatic heterocycles. The molecule has 0 radical (unpaired) electrons. The summed E-state index contributed by atoms with van der Waals surface area (Å²) in [6, 6.07) is 9.29. The molecule has 2 unspecified atom stereocenters. The van der Waals surface area contributed by atoms with Gasteiger partial charge in [-0.25, -0.2) is 0 Å². The van der Waals surface area contributed by atoms with Gasteiger partial charge in [-0.3, -0.25) is 4.90 Å². The Labute approximate surface area is 103 Å². The van der Waals surface area contributed by atoms with Crippen molar-refractivity contribution >= 4 is 0 Å². The third-order valence-electron chi connectivity index (χ3n) is 3.97. The van der Waals surface area contributed by atoms with Gasteiger partial charge in [0.1, 0.15) is 0 Å². The predicted octanol–water partition coefficient (Wildman–Crippen LogP) is 1.24. The first-order valence-corrected chi connectivity index (χ1v) is 6.41. The number of nitrogens with zero attached hydrogens (tertiary/aromatic N) is 1. The second-order valence-electron chi connectivity index (χ2n) is 5.13. The summed E-state index contributed by atoms with van der Waals surface area (Å²) >= 11 is 0. The Morgan fingerprint density at radius 2 is 1.94 bits per heavy atom. The molecule has 1 fully saturated rings. The van der Waals surface area contributed by atoms with Crippen molar-refractivity contribution in [2.45, 2.75) is 19.1 Å². The van der Waals surface area contributed by atoms with Crippen LogP contribution < -0.4 is 5.32 Å². The SMILES string of the molecule is CNC1COCC1CN1Cc2ccccc2C1. The van der Waals surface area contributed by atoms with E-state index in [1.165, 1.54) is 11.1 Å². The molecule has 0 aliphatic carbocycles. The summed E-state index contributed by atoms with van der Waals surface area (Å²) in [5.74, 6) is 0.634. The fraction of sp³-hybridized carbons (Fsp3) is 0.571. The number of benzene rings is 1. The van der Waals surface area contributed by atoms with Crippen LogP contribution in [0.5, 0.6) is 0 Å². The number of nitrogens with one attached hydrogen (secondary N) is 1. The van der Waals surface area contributed by atoms with Gasteiger partial charge in [0.2, 0.25) is 0 Å². The normalized spacial score (nSPS) is 28.5. The summed E-state index contributed by atoms with van der Waals surface area (Å²) in [4.78, 5) is 2.54. The summed E-state index contributed by atoms with van der Waals surface area (Å²) in [5.41, 5.74) is 2.99. The van der Waals surface area contributed by atoms with Gasteiger partial charge in [0.05, 0.1) is 13.2 Å². The van der Waals surface area contributed by atoms with Crippen LogP contribution in [0.4, 0.5) is 0 Å². The molecule has 1 aromatic rings. The van der Waals surface area contributed by atoms with Crippen LogP contribution in [-0.4, -0.2) is 37.7 Å². The molecule has 3 nitrogen and oxygen atoms in total. The minimum atomic E-state index is 0.527. The summed E-state index contributed by atoms with van der Waals surface area (Å²) in [5, 5.41) is 3.36. The number of fused-ring (bicyclic) bond motifs is 1. The highest BCUT2D eigenvalue weighted by molar-refractivity contribution is 5.30. The largest absolute Gasteiger partial charge is 0.379 e. The summed E-state index contributed by atoms with van der Waals surface area (Å²) in [6.07, 6.45) is 0. The summed E-state index contributed by atoms with van der Waals surface area (Å²) < 4.78 is 5.56. The fourth-order valence-electron chi connectivity index (χ4n) is 2.96. The van der Waals surface area contributed by atoms with Crippen LogP contribution in [0.3, 0.4) is 0 Å². The third-order valence-corrected chi connectivity index (χ3v) is 3.97. The highest BCUT2D eigenvalue weighted by Crippen LogP contribution is 2.25. The van der Waals surface area contributed by atoms with Crippen LogP contribution in [0.15, 0.2) is 24.3 Å². The van der Waals surface area contributed by atoms with Crippen molar-refractivity contribution in [2.75, 3.05) is 26.8 Å². The zero-order chi connectivity index (χ0) is 11.7. The van der Waals surface area contributed by atoms with Crippen molar-refractivity contribution in [2.24, 2.45) is 5.92 Å². The molecule has 2 heterocycles. The Kier molecular flexibility index (Phi) is 3.14. The number of hydrogen-bond donors (Lipinski definition) is 1. The highest BCUT2D eigenvalue weighted by atomic mass is 16.5. The van der Waals surface area contributed by atoms with Crippen LogP contribution in [0.25, 0.3) is 0 Å². The molecule has 3 rings (SSSR count). The van der Waals surface area contributed by atoms with Crippen molar-refractivity contribution < 1.29 is 4.74 Å². The van der Waals surface area contributed by atoms with E-state index >= 15 is 0 Å². The van der Waals surface area contributed by atoms with Crippen LogP contribution >= 0.6 is 0 Å². The van der Waals surface area contributed by atoms with E-state index < -0.39 is 0 Å². The molecule has 0 amide bonds. The Hall–Kier alpha value is -0.900. The molecule has 2 aliphatic heterocycles. The van der Waals surface area contributed by atoms with E-state index in [0.717, 1.165) is 32.8 Å². The van der Waals surface area contributed by atoms with Gasteiger partial charge in [-0.05, 0) is 18.2 Å². The molecule has 2 aliphatic rings. The summed E-state index contributed by atoms with van der Waals surface area (Å²) in [6.45, 7) is 5.10. The van der Waals surface area contributed by atoms with Crippen molar-refractivity contribution in [3.8, 4) is 0 Å². The molecule has 0 saturated carbocycles. The van der Waals surface area contributed by atoms with E-state index in [9.17, 15) is 0 Å². The van der Waals surface area contributed by atoms with E-state index in [-0.39, 0.29) is 0 Å². The van der Waals surface area contributed by atoms with Crippen molar-refractivity contribution in [1.82, 2.24) is 10.2 Å². The molecule has 1 aromatic carbocycles. The highest BCUT2D eigenvalue weighted by Gasteiger charge is 2.30. The molecule has 1 N–H and O–H groups in total. The van der Waals surface area contributed by atoms with E-state index in [1.54, 1.807) is 0 Å². The standard InChI is InChI=1S/C14H20N2O/c1-15-14-10-17-9-13(14)8-16-6-11-4-2-3-5-12(11)7-16/h2-5,13-15H,6-10H2,1H3. The van der Waals surface area contributed by atoms with Gasteiger partial charge in [0.15, 0.2) is 0 Å². The maximum atomic E-state index is 5.56. The number of rotatable bonds is 3. The van der Waals surface area contributed by atoms with Crippen LogP contribution in [0.1, 0.15) is 11.1 Å². The van der Waals surface area contributed by atoms with Gasteiger partial charge in [-0.1, -0.05) is 24.3 Å². The molecular formula is C14H20N2O. The lowest BCUT2D eigenvalue weighted by atomic mass is 10.0. The molecule has 0 spiro atoms. The maximum absolute atomic E-state index is 5.56. The Balaban J connectivity index is 1.62. The number of likely N-dealkylation sites (N-methyl/N-ethyl adjacent to an activating group) is 1. The number of ether oxygens (including phenoxy) is 1. The lowest BCUT2D eigenvalue weighted by Crippen LogP contribution is -2.38. The minimum Gasteiger partial charge on any atom is -0.379 e. The lowest BCUT2D eigenvalue weighted by Gasteiger charge is -2.23. The van der Waals surface area contributed by atoms with E-state index in [1.807, 2.05) is 7.05 Å². The zero-order valence-corrected chi connectivity index (χ0v) is 10.4. The molecule has 3 heteroatoms. The monoisotopic (exact) mass is 232 g/mol. The minimum absolute atomic E-state index is 0.527.